The second kappa shape index (κ2) is 8.77. The molecule has 0 saturated carbocycles. The van der Waals surface area contributed by atoms with Crippen molar-refractivity contribution in [3.8, 4) is 0 Å². The maximum atomic E-state index is 12.6. The molecule has 4 rings (SSSR count). The van der Waals surface area contributed by atoms with Crippen LogP contribution in [0.25, 0.3) is 0 Å². The first kappa shape index (κ1) is 20.3. The lowest BCUT2D eigenvalue weighted by Gasteiger charge is -2.35. The van der Waals surface area contributed by atoms with E-state index in [4.69, 9.17) is 0 Å². The molecule has 3 heterocycles. The van der Waals surface area contributed by atoms with Gasteiger partial charge < -0.3 is 4.90 Å². The van der Waals surface area contributed by atoms with E-state index >= 15 is 0 Å². The van der Waals surface area contributed by atoms with Crippen LogP contribution in [0.2, 0.25) is 0 Å². The maximum Gasteiger partial charge on any atom is 0.261 e. The summed E-state index contributed by atoms with van der Waals surface area (Å²) in [6, 6.07) is 9.28. The summed E-state index contributed by atoms with van der Waals surface area (Å²) >= 11 is 5.11. The van der Waals surface area contributed by atoms with Gasteiger partial charge in [-0.2, -0.15) is 0 Å². The molecule has 1 aromatic heterocycles. The van der Waals surface area contributed by atoms with E-state index in [9.17, 15) is 14.4 Å². The highest BCUT2D eigenvalue weighted by Gasteiger charge is 2.36. The topological polar surface area (TPSA) is 60.9 Å². The molecule has 2 aromatic rings. The minimum Gasteiger partial charge on any atom is -0.340 e. The van der Waals surface area contributed by atoms with Crippen LogP contribution in [-0.2, 0) is 11.2 Å². The molecule has 0 aliphatic carbocycles. The third-order valence-corrected chi connectivity index (χ3v) is 6.89. The molecule has 8 heteroatoms. The molecule has 2 aliphatic heterocycles. The molecule has 0 N–H and O–H groups in total. The van der Waals surface area contributed by atoms with Crippen molar-refractivity contribution in [2.24, 2.45) is 0 Å². The van der Waals surface area contributed by atoms with Gasteiger partial charge in [0.2, 0.25) is 5.91 Å². The van der Waals surface area contributed by atoms with Crippen molar-refractivity contribution in [1.29, 1.82) is 0 Å². The van der Waals surface area contributed by atoms with Crippen molar-refractivity contribution in [2.45, 2.75) is 12.8 Å². The van der Waals surface area contributed by atoms with Crippen molar-refractivity contribution >= 4 is 45.0 Å². The molecule has 1 fully saturated rings. The van der Waals surface area contributed by atoms with Crippen molar-refractivity contribution in [3.05, 3.63) is 56.2 Å². The van der Waals surface area contributed by atoms with E-state index in [0.717, 1.165) is 30.5 Å². The number of hydrogen-bond donors (Lipinski definition) is 0. The third-order valence-electron chi connectivity index (χ3n) is 5.46. The number of thiophene rings is 1. The highest BCUT2D eigenvalue weighted by atomic mass is 79.9. The largest absolute Gasteiger partial charge is 0.340 e. The molecule has 0 spiro atoms. The van der Waals surface area contributed by atoms with Crippen LogP contribution in [0.4, 0.5) is 0 Å². The van der Waals surface area contributed by atoms with Gasteiger partial charge in [-0.05, 0) is 36.1 Å². The van der Waals surface area contributed by atoms with Gasteiger partial charge in [0.15, 0.2) is 0 Å². The first-order chi connectivity index (χ1) is 14.0. The van der Waals surface area contributed by atoms with Crippen molar-refractivity contribution < 1.29 is 14.4 Å². The van der Waals surface area contributed by atoms with E-state index in [1.807, 2.05) is 4.90 Å². The van der Waals surface area contributed by atoms with Gasteiger partial charge in [0, 0.05) is 55.0 Å². The van der Waals surface area contributed by atoms with Crippen LogP contribution in [0.15, 0.2) is 40.2 Å². The number of carbonyl (C=O) groups is 3. The van der Waals surface area contributed by atoms with Crippen LogP contribution in [0.1, 0.15) is 32.0 Å². The fraction of sp³-hybridized carbons (Fsp3) is 0.381. The number of rotatable bonds is 6. The lowest BCUT2D eigenvalue weighted by Crippen LogP contribution is -2.49. The normalized spacial score (nSPS) is 17.1. The number of carbonyl (C=O) groups excluding carboxylic acids is 3. The van der Waals surface area contributed by atoms with Crippen molar-refractivity contribution in [1.82, 2.24) is 14.7 Å². The van der Waals surface area contributed by atoms with E-state index in [1.54, 1.807) is 29.5 Å². The molecule has 0 radical (unpaired) electrons. The molecule has 0 unspecified atom stereocenters. The second-order valence-corrected chi connectivity index (χ2v) is 9.20. The average Bonchev–Trinajstić information content (AvgIpc) is 3.33. The molecule has 1 aromatic carbocycles. The van der Waals surface area contributed by atoms with Crippen LogP contribution in [0.5, 0.6) is 0 Å². The Kier molecular flexibility index (Phi) is 6.12. The van der Waals surface area contributed by atoms with Gasteiger partial charge >= 0.3 is 0 Å². The average molecular weight is 476 g/mol. The predicted molar refractivity (Wildman–Crippen MR) is 115 cm³/mol. The minimum atomic E-state index is -0.322. The van der Waals surface area contributed by atoms with Crippen LogP contribution in [-0.4, -0.2) is 71.7 Å². The SMILES string of the molecule is O=C(CCN1C(=O)c2ccc(Br)cc2C1=O)N1CCN(CCc2cccs2)CC1. The van der Waals surface area contributed by atoms with Gasteiger partial charge in [-0.15, -0.1) is 11.3 Å². The molecular formula is C21H22BrN3O3S. The quantitative estimate of drug-likeness (QED) is 0.602. The zero-order chi connectivity index (χ0) is 20.4. The first-order valence-corrected chi connectivity index (χ1v) is 11.4. The Hall–Kier alpha value is -2.03. The molecule has 1 saturated heterocycles. The summed E-state index contributed by atoms with van der Waals surface area (Å²) in [5, 5.41) is 2.10. The summed E-state index contributed by atoms with van der Waals surface area (Å²) in [7, 11) is 0. The number of fused-ring (bicyclic) bond motifs is 1. The molecule has 0 atom stereocenters. The highest BCUT2D eigenvalue weighted by Crippen LogP contribution is 2.26. The highest BCUT2D eigenvalue weighted by molar-refractivity contribution is 9.10. The van der Waals surface area contributed by atoms with Crippen LogP contribution >= 0.6 is 27.3 Å². The number of imide groups is 1. The Morgan fingerprint density at radius 2 is 1.76 bits per heavy atom. The molecule has 0 bridgehead atoms. The summed E-state index contributed by atoms with van der Waals surface area (Å²) in [6.07, 6.45) is 1.21. The predicted octanol–water partition coefficient (Wildman–Crippen LogP) is 2.88. The maximum absolute atomic E-state index is 12.6. The minimum absolute atomic E-state index is 0.000596. The Morgan fingerprint density at radius 3 is 2.48 bits per heavy atom. The Morgan fingerprint density at radius 1 is 1.00 bits per heavy atom. The number of hydrogen-bond acceptors (Lipinski definition) is 5. The van der Waals surface area contributed by atoms with E-state index in [2.05, 4.69) is 38.3 Å². The molecule has 2 aliphatic rings. The van der Waals surface area contributed by atoms with E-state index in [0.29, 0.717) is 24.2 Å². The fourth-order valence-electron chi connectivity index (χ4n) is 3.78. The van der Waals surface area contributed by atoms with Crippen molar-refractivity contribution in [2.75, 3.05) is 39.3 Å². The van der Waals surface area contributed by atoms with Gasteiger partial charge in [-0.1, -0.05) is 22.0 Å². The summed E-state index contributed by atoms with van der Waals surface area (Å²) < 4.78 is 0.757. The van der Waals surface area contributed by atoms with Gasteiger partial charge in [-0.3, -0.25) is 24.2 Å². The van der Waals surface area contributed by atoms with Gasteiger partial charge in [0.25, 0.3) is 11.8 Å². The number of piperazine rings is 1. The zero-order valence-corrected chi connectivity index (χ0v) is 18.4. The fourth-order valence-corrected chi connectivity index (χ4v) is 4.83. The van der Waals surface area contributed by atoms with Gasteiger partial charge in [-0.25, -0.2) is 0 Å². The monoisotopic (exact) mass is 475 g/mol. The standard InChI is InChI=1S/C21H22BrN3O3S/c22-15-3-4-17-18(14-15)21(28)25(20(17)27)8-6-19(26)24-11-9-23(10-12-24)7-5-16-2-1-13-29-16/h1-4,13-14H,5-12H2. The van der Waals surface area contributed by atoms with Crippen LogP contribution in [0.3, 0.4) is 0 Å². The third kappa shape index (κ3) is 4.44. The van der Waals surface area contributed by atoms with Crippen LogP contribution in [0, 0.1) is 0 Å². The smallest absolute Gasteiger partial charge is 0.261 e. The van der Waals surface area contributed by atoms with E-state index < -0.39 is 0 Å². The summed E-state index contributed by atoms with van der Waals surface area (Å²) in [6.45, 7) is 4.24. The molecule has 29 heavy (non-hydrogen) atoms. The Labute approximate surface area is 182 Å². The molecule has 152 valence electrons. The number of amides is 3. The first-order valence-electron chi connectivity index (χ1n) is 9.71. The zero-order valence-electron chi connectivity index (χ0n) is 16.0. The summed E-state index contributed by atoms with van der Waals surface area (Å²) in [4.78, 5) is 44.4. The Bertz CT molecular complexity index is 923. The molecular weight excluding hydrogens is 454 g/mol. The number of halogens is 1. The molecule has 6 nitrogen and oxygen atoms in total. The number of benzene rings is 1. The second-order valence-electron chi connectivity index (χ2n) is 7.25. The van der Waals surface area contributed by atoms with Gasteiger partial charge in [0.1, 0.15) is 0 Å². The summed E-state index contributed by atoms with van der Waals surface area (Å²) in [5.74, 6) is -0.637. The van der Waals surface area contributed by atoms with E-state index in [-0.39, 0.29) is 30.7 Å². The van der Waals surface area contributed by atoms with E-state index in [1.165, 1.54) is 9.78 Å². The Balaban J connectivity index is 1.24. The van der Waals surface area contributed by atoms with Crippen LogP contribution < -0.4 is 0 Å². The molecule has 3 amide bonds. The summed E-state index contributed by atoms with van der Waals surface area (Å²) in [5.41, 5.74) is 0.807. The van der Waals surface area contributed by atoms with Crippen molar-refractivity contribution in [3.63, 3.8) is 0 Å². The lowest BCUT2D eigenvalue weighted by molar-refractivity contribution is -0.133. The lowest BCUT2D eigenvalue weighted by atomic mass is 10.1. The number of nitrogens with zero attached hydrogens (tertiary/aromatic N) is 3. The van der Waals surface area contributed by atoms with Gasteiger partial charge in [0.05, 0.1) is 11.1 Å².